The quantitative estimate of drug-likeness (QED) is 0.130. The van der Waals surface area contributed by atoms with Gasteiger partial charge in [-0.05, 0) is 69.6 Å². The molecule has 11 heteroatoms. The summed E-state index contributed by atoms with van der Waals surface area (Å²) in [5, 5.41) is 18.2. The minimum absolute atomic E-state index is 0.00983. The lowest BCUT2D eigenvalue weighted by Gasteiger charge is -2.13. The lowest BCUT2D eigenvalue weighted by atomic mass is 10.1. The molecule has 6 N–H and O–H groups in total. The maximum atomic E-state index is 12.3. The summed E-state index contributed by atoms with van der Waals surface area (Å²) in [6, 6.07) is 3.67. The molecule has 158 valence electrons. The highest BCUT2D eigenvalue weighted by Gasteiger charge is 2.16. The molecule has 0 saturated heterocycles. The molecule has 0 aliphatic carbocycles. The SMILES string of the molecule is CNCCCOc1c(Br)cc(CC(=NO)C(=O)NCCc2cnc(N)[nH]2)cc1Br. The van der Waals surface area contributed by atoms with Crippen molar-refractivity contribution in [1.29, 1.82) is 0 Å². The molecular formula is C18H24Br2N6O3. The van der Waals surface area contributed by atoms with Crippen molar-refractivity contribution >= 4 is 49.4 Å². The van der Waals surface area contributed by atoms with Crippen molar-refractivity contribution in [2.75, 3.05) is 32.5 Å². The van der Waals surface area contributed by atoms with Crippen LogP contribution in [0.5, 0.6) is 5.75 Å². The molecule has 1 aromatic heterocycles. The number of nitrogens with two attached hydrogens (primary N) is 1. The summed E-state index contributed by atoms with van der Waals surface area (Å²) in [5.41, 5.74) is 7.12. The smallest absolute Gasteiger partial charge is 0.269 e. The number of oxime groups is 1. The second-order valence-corrected chi connectivity index (χ2v) is 7.93. The maximum Gasteiger partial charge on any atom is 0.269 e. The zero-order chi connectivity index (χ0) is 21.2. The molecule has 0 unspecified atom stereocenters. The zero-order valence-corrected chi connectivity index (χ0v) is 19.1. The first-order chi connectivity index (χ1) is 13.9. The summed E-state index contributed by atoms with van der Waals surface area (Å²) in [6.45, 7) is 1.80. The van der Waals surface area contributed by atoms with Gasteiger partial charge >= 0.3 is 0 Å². The Morgan fingerprint density at radius 2 is 2.07 bits per heavy atom. The Morgan fingerprint density at radius 1 is 1.34 bits per heavy atom. The highest BCUT2D eigenvalue weighted by molar-refractivity contribution is 9.11. The normalized spacial score (nSPS) is 11.5. The van der Waals surface area contributed by atoms with Crippen LogP contribution in [0.1, 0.15) is 17.7 Å². The number of anilines is 1. The lowest BCUT2D eigenvalue weighted by molar-refractivity contribution is -0.115. The van der Waals surface area contributed by atoms with Gasteiger partial charge in [-0.25, -0.2) is 4.98 Å². The molecule has 0 saturated carbocycles. The van der Waals surface area contributed by atoms with Crippen molar-refractivity contribution in [1.82, 2.24) is 20.6 Å². The topological polar surface area (TPSA) is 138 Å². The Balaban J connectivity index is 1.92. The average Bonchev–Trinajstić information content (AvgIpc) is 3.10. The molecule has 0 radical (unpaired) electrons. The van der Waals surface area contributed by atoms with E-state index in [1.807, 2.05) is 19.2 Å². The van der Waals surface area contributed by atoms with Crippen molar-refractivity contribution < 1.29 is 14.7 Å². The van der Waals surface area contributed by atoms with Crippen LogP contribution in [-0.2, 0) is 17.6 Å². The number of aromatic nitrogens is 2. The van der Waals surface area contributed by atoms with Crippen molar-refractivity contribution in [3.05, 3.63) is 38.5 Å². The van der Waals surface area contributed by atoms with E-state index in [9.17, 15) is 10.0 Å². The first-order valence-corrected chi connectivity index (χ1v) is 10.6. The number of amides is 1. The number of aromatic amines is 1. The molecule has 0 aliphatic heterocycles. The number of nitrogens with one attached hydrogen (secondary N) is 3. The number of H-pyrrole nitrogens is 1. The van der Waals surface area contributed by atoms with Crippen LogP contribution in [0.3, 0.4) is 0 Å². The highest BCUT2D eigenvalue weighted by atomic mass is 79.9. The average molecular weight is 532 g/mol. The largest absolute Gasteiger partial charge is 0.491 e. The van der Waals surface area contributed by atoms with E-state index >= 15 is 0 Å². The van der Waals surface area contributed by atoms with Gasteiger partial charge in [-0.2, -0.15) is 0 Å². The number of rotatable bonds is 11. The van der Waals surface area contributed by atoms with Crippen LogP contribution in [0, 0.1) is 0 Å². The van der Waals surface area contributed by atoms with E-state index in [2.05, 4.69) is 57.6 Å². The fraction of sp³-hybridized carbons (Fsp3) is 0.389. The van der Waals surface area contributed by atoms with Crippen molar-refractivity contribution in [2.24, 2.45) is 5.16 Å². The first kappa shape index (κ1) is 23.2. The zero-order valence-electron chi connectivity index (χ0n) is 16.0. The van der Waals surface area contributed by atoms with E-state index in [4.69, 9.17) is 10.5 Å². The van der Waals surface area contributed by atoms with Gasteiger partial charge < -0.3 is 31.3 Å². The molecule has 1 heterocycles. The molecule has 1 aromatic carbocycles. The predicted octanol–water partition coefficient (Wildman–Crippen LogP) is 2.24. The number of carbonyl (C=O) groups is 1. The van der Waals surface area contributed by atoms with E-state index in [1.54, 1.807) is 6.20 Å². The summed E-state index contributed by atoms with van der Waals surface area (Å²) in [5.74, 6) is 0.574. The number of imidazole rings is 1. The van der Waals surface area contributed by atoms with Gasteiger partial charge in [0.2, 0.25) is 0 Å². The molecule has 2 rings (SSSR count). The van der Waals surface area contributed by atoms with Gasteiger partial charge in [0, 0.05) is 25.1 Å². The molecule has 0 bridgehead atoms. The van der Waals surface area contributed by atoms with Crippen LogP contribution >= 0.6 is 31.9 Å². The second kappa shape index (κ2) is 11.8. The number of benzene rings is 1. The van der Waals surface area contributed by atoms with Crippen LogP contribution in [0.4, 0.5) is 5.95 Å². The van der Waals surface area contributed by atoms with Gasteiger partial charge in [0.05, 0.1) is 21.7 Å². The Labute approximate surface area is 185 Å². The van der Waals surface area contributed by atoms with Gasteiger partial charge in [-0.3, -0.25) is 4.79 Å². The van der Waals surface area contributed by atoms with Gasteiger partial charge in [-0.15, -0.1) is 0 Å². The minimum Gasteiger partial charge on any atom is -0.491 e. The number of hydrogen-bond donors (Lipinski definition) is 5. The maximum absolute atomic E-state index is 12.3. The third-order valence-electron chi connectivity index (χ3n) is 3.96. The third-order valence-corrected chi connectivity index (χ3v) is 5.14. The van der Waals surface area contributed by atoms with E-state index in [0.717, 1.165) is 33.2 Å². The molecule has 29 heavy (non-hydrogen) atoms. The summed E-state index contributed by atoms with van der Waals surface area (Å²) in [6.07, 6.45) is 3.19. The van der Waals surface area contributed by atoms with Crippen LogP contribution in [0.15, 0.2) is 32.4 Å². The van der Waals surface area contributed by atoms with E-state index in [-0.39, 0.29) is 12.1 Å². The molecule has 9 nitrogen and oxygen atoms in total. The van der Waals surface area contributed by atoms with E-state index < -0.39 is 5.91 Å². The number of nitrogens with zero attached hydrogens (tertiary/aromatic N) is 2. The summed E-state index contributed by atoms with van der Waals surface area (Å²) < 4.78 is 7.29. The number of carbonyl (C=O) groups excluding carboxylic acids is 1. The lowest BCUT2D eigenvalue weighted by Crippen LogP contribution is -2.33. The van der Waals surface area contributed by atoms with Crippen LogP contribution in [0.25, 0.3) is 0 Å². The molecule has 0 atom stereocenters. The number of hydrogen-bond acceptors (Lipinski definition) is 7. The molecule has 0 fully saturated rings. The van der Waals surface area contributed by atoms with E-state index in [1.165, 1.54) is 0 Å². The molecule has 0 aliphatic rings. The Kier molecular flexibility index (Phi) is 9.42. The predicted molar refractivity (Wildman–Crippen MR) is 119 cm³/mol. The van der Waals surface area contributed by atoms with Crippen LogP contribution in [0.2, 0.25) is 0 Å². The Morgan fingerprint density at radius 3 is 2.66 bits per heavy atom. The molecule has 1 amide bonds. The van der Waals surface area contributed by atoms with E-state index in [0.29, 0.717) is 31.3 Å². The number of nitrogen functional groups attached to an aromatic ring is 1. The minimum atomic E-state index is -0.445. The van der Waals surface area contributed by atoms with Crippen LogP contribution < -0.4 is 21.1 Å². The Bertz CT molecular complexity index is 833. The number of halogens is 2. The third kappa shape index (κ3) is 7.33. The second-order valence-electron chi connectivity index (χ2n) is 6.22. The summed E-state index contributed by atoms with van der Waals surface area (Å²) >= 11 is 6.99. The molecule has 0 spiro atoms. The first-order valence-electron chi connectivity index (χ1n) is 8.98. The fourth-order valence-corrected chi connectivity index (χ4v) is 4.06. The Hall–Kier alpha value is -2.11. The molecule has 2 aromatic rings. The van der Waals surface area contributed by atoms with Gasteiger partial charge in [0.25, 0.3) is 5.91 Å². The molecular weight excluding hydrogens is 508 g/mol. The van der Waals surface area contributed by atoms with Crippen molar-refractivity contribution in [3.63, 3.8) is 0 Å². The highest BCUT2D eigenvalue weighted by Crippen LogP contribution is 2.35. The monoisotopic (exact) mass is 530 g/mol. The van der Waals surface area contributed by atoms with Crippen molar-refractivity contribution in [2.45, 2.75) is 19.3 Å². The van der Waals surface area contributed by atoms with Gasteiger partial charge in [-0.1, -0.05) is 5.16 Å². The summed E-state index contributed by atoms with van der Waals surface area (Å²) in [7, 11) is 1.89. The van der Waals surface area contributed by atoms with Crippen LogP contribution in [-0.4, -0.2) is 53.5 Å². The summed E-state index contributed by atoms with van der Waals surface area (Å²) in [4.78, 5) is 19.1. The standard InChI is InChI=1S/C18H24Br2N6O3/c1-22-4-2-6-29-16-13(19)7-11(8-14(16)20)9-15(26-28)17(27)23-5-3-12-10-24-18(21)25-12/h7-8,10,22,28H,2-6,9H2,1H3,(H,23,27)(H3,21,24,25). The number of ether oxygens (including phenoxy) is 1. The fourth-order valence-electron chi connectivity index (χ4n) is 2.55. The van der Waals surface area contributed by atoms with Gasteiger partial charge in [0.15, 0.2) is 5.95 Å². The van der Waals surface area contributed by atoms with Gasteiger partial charge in [0.1, 0.15) is 11.5 Å². The van der Waals surface area contributed by atoms with Crippen molar-refractivity contribution in [3.8, 4) is 5.75 Å².